The van der Waals surface area contributed by atoms with Gasteiger partial charge in [0.2, 0.25) is 11.8 Å². The number of aryl methyl sites for hydroxylation is 1. The van der Waals surface area contributed by atoms with Crippen LogP contribution in [0.1, 0.15) is 5.56 Å². The third-order valence-corrected chi connectivity index (χ3v) is 6.10. The summed E-state index contributed by atoms with van der Waals surface area (Å²) in [4.78, 5) is 8.67. The molecule has 1 heterocycles. The van der Waals surface area contributed by atoms with Crippen molar-refractivity contribution in [3.05, 3.63) is 89.4 Å². The quantitative estimate of drug-likeness (QED) is 0.374. The molecule has 7 nitrogen and oxygen atoms in total. The number of ether oxygens (including phenoxy) is 1. The Bertz CT molecular complexity index is 1390. The highest BCUT2D eigenvalue weighted by molar-refractivity contribution is 7.92. The van der Waals surface area contributed by atoms with E-state index in [-0.39, 0.29) is 16.7 Å². The number of nitrogens with one attached hydrogen (secondary N) is 1. The largest absolute Gasteiger partial charge is 0.439 e. The fourth-order valence-corrected chi connectivity index (χ4v) is 4.21. The van der Waals surface area contributed by atoms with E-state index in [1.54, 1.807) is 42.5 Å². The van der Waals surface area contributed by atoms with Crippen LogP contribution in [-0.2, 0) is 10.0 Å². The molecule has 4 aromatic rings. The van der Waals surface area contributed by atoms with Crippen molar-refractivity contribution >= 4 is 33.3 Å². The van der Waals surface area contributed by atoms with Crippen molar-refractivity contribution in [2.24, 2.45) is 0 Å². The molecule has 0 aliphatic carbocycles. The molecule has 0 radical (unpaired) electrons. The molecule has 0 fully saturated rings. The van der Waals surface area contributed by atoms with E-state index in [2.05, 4.69) is 14.7 Å². The van der Waals surface area contributed by atoms with E-state index in [4.69, 9.17) is 22.1 Å². The Morgan fingerprint density at radius 2 is 1.72 bits per heavy atom. The lowest BCUT2D eigenvalue weighted by atomic mass is 10.1. The molecule has 3 aromatic carbocycles. The molecule has 9 heteroatoms. The van der Waals surface area contributed by atoms with Crippen molar-refractivity contribution in [1.29, 1.82) is 0 Å². The van der Waals surface area contributed by atoms with E-state index < -0.39 is 10.0 Å². The Morgan fingerprint density at radius 3 is 2.47 bits per heavy atom. The van der Waals surface area contributed by atoms with Gasteiger partial charge in [0, 0.05) is 22.3 Å². The topological polar surface area (TPSA) is 107 Å². The molecule has 0 saturated carbocycles. The SMILES string of the molecule is Cc1ccccc1-c1cc(Oc2cccc(Cl)c2)nc(NS(=O)(=O)c2cccc(N)c2)n1. The highest BCUT2D eigenvalue weighted by atomic mass is 35.5. The fourth-order valence-electron chi connectivity index (χ4n) is 3.03. The Labute approximate surface area is 190 Å². The van der Waals surface area contributed by atoms with Crippen LogP contribution in [0.4, 0.5) is 11.6 Å². The predicted octanol–water partition coefficient (Wildman–Crippen LogP) is 5.28. The molecule has 0 aliphatic heterocycles. The first-order chi connectivity index (χ1) is 15.3. The Hall–Kier alpha value is -3.62. The van der Waals surface area contributed by atoms with Crippen molar-refractivity contribution < 1.29 is 13.2 Å². The predicted molar refractivity (Wildman–Crippen MR) is 125 cm³/mol. The number of anilines is 2. The highest BCUT2D eigenvalue weighted by Gasteiger charge is 2.18. The molecule has 162 valence electrons. The number of halogens is 1. The number of sulfonamides is 1. The molecule has 0 saturated heterocycles. The summed E-state index contributed by atoms with van der Waals surface area (Å²) < 4.78 is 34.0. The summed E-state index contributed by atoms with van der Waals surface area (Å²) in [7, 11) is -3.97. The highest BCUT2D eigenvalue weighted by Crippen LogP contribution is 2.29. The van der Waals surface area contributed by atoms with E-state index in [0.717, 1.165) is 11.1 Å². The Kier molecular flexibility index (Phi) is 5.98. The number of nitrogens with two attached hydrogens (primary N) is 1. The molecule has 0 unspecified atom stereocenters. The summed E-state index contributed by atoms with van der Waals surface area (Å²) in [5.41, 5.74) is 8.34. The summed E-state index contributed by atoms with van der Waals surface area (Å²) >= 11 is 6.04. The molecule has 0 bridgehead atoms. The van der Waals surface area contributed by atoms with E-state index in [0.29, 0.717) is 22.2 Å². The van der Waals surface area contributed by atoms with Gasteiger partial charge in [-0.1, -0.05) is 48.0 Å². The van der Waals surface area contributed by atoms with Crippen LogP contribution < -0.4 is 15.2 Å². The lowest BCUT2D eigenvalue weighted by molar-refractivity contribution is 0.463. The summed E-state index contributed by atoms with van der Waals surface area (Å²) in [6.45, 7) is 1.94. The fraction of sp³-hybridized carbons (Fsp3) is 0.0435. The Morgan fingerprint density at radius 1 is 0.938 bits per heavy atom. The normalized spacial score (nSPS) is 11.2. The van der Waals surface area contributed by atoms with Crippen LogP contribution >= 0.6 is 11.6 Å². The average Bonchev–Trinajstić information content (AvgIpc) is 2.73. The monoisotopic (exact) mass is 466 g/mol. The maximum absolute atomic E-state index is 12.9. The van der Waals surface area contributed by atoms with Crippen LogP contribution in [0.5, 0.6) is 11.6 Å². The molecular formula is C23H19ClN4O3S. The van der Waals surface area contributed by atoms with Crippen molar-refractivity contribution in [2.75, 3.05) is 10.5 Å². The zero-order chi connectivity index (χ0) is 22.7. The third kappa shape index (κ3) is 4.99. The number of benzene rings is 3. The van der Waals surface area contributed by atoms with E-state index in [1.807, 2.05) is 31.2 Å². The molecule has 0 spiro atoms. The molecular weight excluding hydrogens is 448 g/mol. The van der Waals surface area contributed by atoms with Crippen molar-refractivity contribution in [1.82, 2.24) is 9.97 Å². The second-order valence-corrected chi connectivity index (χ2v) is 9.09. The first-order valence-electron chi connectivity index (χ1n) is 9.57. The maximum atomic E-state index is 12.9. The van der Waals surface area contributed by atoms with Gasteiger partial charge in [0.1, 0.15) is 5.75 Å². The van der Waals surface area contributed by atoms with E-state index >= 15 is 0 Å². The number of nitrogens with zero attached hydrogens (tertiary/aromatic N) is 2. The van der Waals surface area contributed by atoms with Crippen LogP contribution in [0.25, 0.3) is 11.3 Å². The van der Waals surface area contributed by atoms with Crippen molar-refractivity contribution in [3.63, 3.8) is 0 Å². The van der Waals surface area contributed by atoms with E-state index in [1.165, 1.54) is 12.1 Å². The number of hydrogen-bond acceptors (Lipinski definition) is 6. The van der Waals surface area contributed by atoms with Gasteiger partial charge in [0.25, 0.3) is 10.0 Å². The van der Waals surface area contributed by atoms with Gasteiger partial charge in [0.05, 0.1) is 10.6 Å². The lowest BCUT2D eigenvalue weighted by Crippen LogP contribution is -2.15. The molecule has 3 N–H and O–H groups in total. The van der Waals surface area contributed by atoms with Gasteiger partial charge in [-0.15, -0.1) is 0 Å². The summed E-state index contributed by atoms with van der Waals surface area (Å²) in [5.74, 6) is 0.479. The minimum absolute atomic E-state index is 0.000274. The van der Waals surface area contributed by atoms with E-state index in [9.17, 15) is 8.42 Å². The lowest BCUT2D eigenvalue weighted by Gasteiger charge is -2.12. The van der Waals surface area contributed by atoms with Crippen LogP contribution in [0, 0.1) is 6.92 Å². The minimum atomic E-state index is -3.97. The van der Waals surface area contributed by atoms with Gasteiger partial charge >= 0.3 is 0 Å². The van der Waals surface area contributed by atoms with Gasteiger partial charge in [-0.25, -0.2) is 18.1 Å². The molecule has 1 aromatic heterocycles. The third-order valence-electron chi connectivity index (χ3n) is 4.54. The number of hydrogen-bond donors (Lipinski definition) is 2. The number of nitrogen functional groups attached to an aromatic ring is 1. The molecule has 0 aliphatic rings. The van der Waals surface area contributed by atoms with Gasteiger partial charge in [-0.2, -0.15) is 4.98 Å². The van der Waals surface area contributed by atoms with Gasteiger partial charge in [-0.05, 0) is 48.9 Å². The molecule has 0 amide bonds. The number of aromatic nitrogens is 2. The first-order valence-corrected chi connectivity index (χ1v) is 11.4. The molecule has 0 atom stereocenters. The standard InChI is InChI=1S/C23H19ClN4O3S/c1-15-6-2-3-11-20(15)21-14-22(31-18-9-4-7-16(24)12-18)27-23(26-21)28-32(29,30)19-10-5-8-17(25)13-19/h2-14H,25H2,1H3,(H,26,27,28). The molecule has 4 rings (SSSR count). The minimum Gasteiger partial charge on any atom is -0.439 e. The van der Waals surface area contributed by atoms with Gasteiger partial charge in [0.15, 0.2) is 0 Å². The smallest absolute Gasteiger partial charge is 0.264 e. The van der Waals surface area contributed by atoms with Crippen molar-refractivity contribution in [3.8, 4) is 22.9 Å². The summed E-state index contributed by atoms with van der Waals surface area (Å²) in [6.07, 6.45) is 0. The average molecular weight is 467 g/mol. The van der Waals surface area contributed by atoms with Crippen LogP contribution in [-0.4, -0.2) is 18.4 Å². The number of rotatable bonds is 6. The Balaban J connectivity index is 1.77. The second kappa shape index (κ2) is 8.86. The summed E-state index contributed by atoms with van der Waals surface area (Å²) in [6, 6.07) is 22.0. The zero-order valence-electron chi connectivity index (χ0n) is 17.0. The van der Waals surface area contributed by atoms with Gasteiger partial charge < -0.3 is 10.5 Å². The second-order valence-electron chi connectivity index (χ2n) is 6.97. The van der Waals surface area contributed by atoms with Gasteiger partial charge in [-0.3, -0.25) is 0 Å². The van der Waals surface area contributed by atoms with Crippen LogP contribution in [0.15, 0.2) is 83.8 Å². The maximum Gasteiger partial charge on any atom is 0.264 e. The summed E-state index contributed by atoms with van der Waals surface area (Å²) in [5, 5.41) is 0.498. The van der Waals surface area contributed by atoms with Crippen LogP contribution in [0.3, 0.4) is 0 Å². The van der Waals surface area contributed by atoms with Crippen LogP contribution in [0.2, 0.25) is 5.02 Å². The zero-order valence-corrected chi connectivity index (χ0v) is 18.6. The first kappa shape index (κ1) is 21.6. The van der Waals surface area contributed by atoms with Crippen molar-refractivity contribution in [2.45, 2.75) is 11.8 Å². The molecule has 32 heavy (non-hydrogen) atoms.